The number of carbonyl (C=O) groups is 4. The first-order chi connectivity index (χ1) is 23.7. The zero-order chi connectivity index (χ0) is 36.3. The van der Waals surface area contributed by atoms with Crippen molar-refractivity contribution in [3.05, 3.63) is 109 Å². The van der Waals surface area contributed by atoms with Gasteiger partial charge in [-0.05, 0) is 82.6 Å². The van der Waals surface area contributed by atoms with Crippen LogP contribution in [0.2, 0.25) is 0 Å². The van der Waals surface area contributed by atoms with Crippen molar-refractivity contribution in [3.63, 3.8) is 0 Å². The molecule has 3 aromatic carbocycles. The van der Waals surface area contributed by atoms with Crippen LogP contribution in [0.5, 0.6) is 0 Å². The van der Waals surface area contributed by atoms with Gasteiger partial charge >= 0.3 is 6.09 Å². The number of nitrogens with zero attached hydrogens (tertiary/aromatic N) is 2. The second-order valence-electron chi connectivity index (χ2n) is 13.9. The van der Waals surface area contributed by atoms with Crippen molar-refractivity contribution in [3.8, 4) is 11.1 Å². The van der Waals surface area contributed by atoms with Crippen LogP contribution in [0.25, 0.3) is 11.1 Å². The average molecular weight is 681 g/mol. The van der Waals surface area contributed by atoms with Crippen LogP contribution in [-0.4, -0.2) is 50.5 Å². The first kappa shape index (κ1) is 37.4. The number of anilines is 1. The summed E-state index contributed by atoms with van der Waals surface area (Å²) >= 11 is 0. The lowest BCUT2D eigenvalue weighted by Crippen LogP contribution is -2.58. The van der Waals surface area contributed by atoms with Crippen LogP contribution in [0.4, 0.5) is 10.6 Å². The first-order valence-corrected chi connectivity index (χ1v) is 16.8. The molecule has 2 atom stereocenters. The van der Waals surface area contributed by atoms with E-state index in [4.69, 9.17) is 10.5 Å². The van der Waals surface area contributed by atoms with Crippen LogP contribution in [0.1, 0.15) is 70.9 Å². The van der Waals surface area contributed by atoms with E-state index in [0.29, 0.717) is 38.0 Å². The zero-order valence-corrected chi connectivity index (χ0v) is 29.4. The Hall–Kier alpha value is -5.45. The minimum Gasteiger partial charge on any atom is -0.444 e. The van der Waals surface area contributed by atoms with Crippen molar-refractivity contribution >= 4 is 29.6 Å². The Labute approximate surface area is 294 Å². The van der Waals surface area contributed by atoms with E-state index < -0.39 is 46.9 Å². The molecule has 11 heteroatoms. The summed E-state index contributed by atoms with van der Waals surface area (Å²) in [6.07, 6.45) is 4.62. The number of nitrogens with one attached hydrogen (secondary N) is 3. The van der Waals surface area contributed by atoms with Crippen molar-refractivity contribution in [1.29, 1.82) is 0 Å². The van der Waals surface area contributed by atoms with E-state index in [9.17, 15) is 19.2 Å². The molecule has 0 bridgehead atoms. The first-order valence-electron chi connectivity index (χ1n) is 16.8. The van der Waals surface area contributed by atoms with Gasteiger partial charge in [0.25, 0.3) is 0 Å². The number of rotatable bonds is 15. The third-order valence-electron chi connectivity index (χ3n) is 8.13. The summed E-state index contributed by atoms with van der Waals surface area (Å²) in [6.45, 7) is 8.71. The molecule has 4 rings (SSSR count). The van der Waals surface area contributed by atoms with Gasteiger partial charge in [0.15, 0.2) is 5.82 Å². The van der Waals surface area contributed by atoms with Crippen molar-refractivity contribution in [1.82, 2.24) is 20.2 Å². The number of alkyl carbamates (subject to hydrolysis) is 1. The molecule has 1 heterocycles. The predicted molar refractivity (Wildman–Crippen MR) is 194 cm³/mol. The minimum atomic E-state index is -1.36. The van der Waals surface area contributed by atoms with E-state index in [1.807, 2.05) is 84.9 Å². The van der Waals surface area contributed by atoms with Gasteiger partial charge in [-0.1, -0.05) is 84.9 Å². The zero-order valence-electron chi connectivity index (χ0n) is 29.4. The molecule has 0 aliphatic heterocycles. The molecule has 0 fully saturated rings. The van der Waals surface area contributed by atoms with Crippen LogP contribution >= 0.6 is 0 Å². The van der Waals surface area contributed by atoms with Crippen LogP contribution in [0, 0.1) is 0 Å². The monoisotopic (exact) mass is 680 g/mol. The maximum Gasteiger partial charge on any atom is 0.408 e. The Bertz CT molecular complexity index is 1730. The smallest absolute Gasteiger partial charge is 0.408 e. The van der Waals surface area contributed by atoms with Crippen LogP contribution in [0.3, 0.4) is 0 Å². The highest BCUT2D eigenvalue weighted by molar-refractivity contribution is 5.98. The second kappa shape index (κ2) is 16.8. The molecule has 5 N–H and O–H groups in total. The number of hydrogen-bond acceptors (Lipinski definition) is 6. The lowest BCUT2D eigenvalue weighted by molar-refractivity contribution is -0.130. The normalized spacial score (nSPS) is 12.7. The van der Waals surface area contributed by atoms with Gasteiger partial charge in [-0.25, -0.2) is 9.78 Å². The SMILES string of the molecule is CC(C)(C)OC(=O)NC(C)(C)C(=O)NC(CCCc1ccccc1)C(=O)Nc1cn(CCC(C(N)=O)c2ccc(-c3ccccc3)cc2)cn1. The Morgan fingerprint density at radius 1 is 0.840 bits per heavy atom. The molecule has 11 nitrogen and oxygen atoms in total. The lowest BCUT2D eigenvalue weighted by Gasteiger charge is -2.29. The summed E-state index contributed by atoms with van der Waals surface area (Å²) < 4.78 is 7.10. The number of nitrogens with two attached hydrogens (primary N) is 1. The molecule has 50 heavy (non-hydrogen) atoms. The summed E-state index contributed by atoms with van der Waals surface area (Å²) in [5.41, 5.74) is 7.77. The van der Waals surface area contributed by atoms with Gasteiger partial charge in [0, 0.05) is 12.7 Å². The molecule has 0 radical (unpaired) electrons. The summed E-state index contributed by atoms with van der Waals surface area (Å²) in [7, 11) is 0. The molecule has 2 unspecified atom stereocenters. The van der Waals surface area contributed by atoms with Gasteiger partial charge in [-0.3, -0.25) is 14.4 Å². The van der Waals surface area contributed by atoms with E-state index in [0.717, 1.165) is 22.3 Å². The molecule has 0 saturated heterocycles. The van der Waals surface area contributed by atoms with E-state index >= 15 is 0 Å². The third-order valence-corrected chi connectivity index (χ3v) is 8.13. The Kier molecular flexibility index (Phi) is 12.5. The molecule has 0 saturated carbocycles. The number of imidazole rings is 1. The average Bonchev–Trinajstić information content (AvgIpc) is 3.51. The van der Waals surface area contributed by atoms with E-state index in [2.05, 4.69) is 20.9 Å². The fourth-order valence-electron chi connectivity index (χ4n) is 5.43. The molecule has 0 aliphatic carbocycles. The van der Waals surface area contributed by atoms with E-state index in [1.54, 1.807) is 51.7 Å². The minimum absolute atomic E-state index is 0.297. The summed E-state index contributed by atoms with van der Waals surface area (Å²) in [5, 5.41) is 8.22. The van der Waals surface area contributed by atoms with Crippen LogP contribution in [0.15, 0.2) is 97.5 Å². The maximum absolute atomic E-state index is 13.6. The van der Waals surface area contributed by atoms with Gasteiger partial charge in [-0.15, -0.1) is 0 Å². The predicted octanol–water partition coefficient (Wildman–Crippen LogP) is 5.96. The number of hydrogen-bond donors (Lipinski definition) is 4. The van der Waals surface area contributed by atoms with Crippen molar-refractivity contribution in [2.24, 2.45) is 5.73 Å². The van der Waals surface area contributed by atoms with E-state index in [-0.39, 0.29) is 0 Å². The molecular formula is C39H48N6O5. The molecule has 0 aliphatic rings. The number of ether oxygens (including phenoxy) is 1. The van der Waals surface area contributed by atoms with Gasteiger partial charge in [-0.2, -0.15) is 0 Å². The molecule has 4 amide bonds. The molecule has 0 spiro atoms. The highest BCUT2D eigenvalue weighted by Gasteiger charge is 2.34. The Morgan fingerprint density at radius 2 is 1.46 bits per heavy atom. The van der Waals surface area contributed by atoms with Gasteiger partial charge in [0.05, 0.1) is 12.2 Å². The van der Waals surface area contributed by atoms with Crippen LogP contribution < -0.4 is 21.7 Å². The van der Waals surface area contributed by atoms with Crippen LogP contribution in [-0.2, 0) is 32.1 Å². The number of benzene rings is 3. The summed E-state index contributed by atoms with van der Waals surface area (Å²) in [5.74, 6) is -1.63. The molecule has 264 valence electrons. The number of aryl methyl sites for hydroxylation is 2. The second-order valence-corrected chi connectivity index (χ2v) is 13.9. The fourth-order valence-corrected chi connectivity index (χ4v) is 5.43. The number of aromatic nitrogens is 2. The van der Waals surface area contributed by atoms with Crippen molar-refractivity contribution < 1.29 is 23.9 Å². The number of amides is 4. The van der Waals surface area contributed by atoms with Crippen molar-refractivity contribution in [2.75, 3.05) is 5.32 Å². The third kappa shape index (κ3) is 11.3. The molecule has 1 aromatic heterocycles. The van der Waals surface area contributed by atoms with E-state index in [1.165, 1.54) is 0 Å². The Balaban J connectivity index is 1.39. The highest BCUT2D eigenvalue weighted by Crippen LogP contribution is 2.25. The largest absolute Gasteiger partial charge is 0.444 e. The summed E-state index contributed by atoms with van der Waals surface area (Å²) in [6, 6.07) is 26.8. The molecule has 4 aromatic rings. The number of carbonyl (C=O) groups excluding carboxylic acids is 4. The maximum atomic E-state index is 13.6. The highest BCUT2D eigenvalue weighted by atomic mass is 16.6. The Morgan fingerprint density at radius 3 is 2.08 bits per heavy atom. The standard InChI is InChI=1S/C39H48N6O5/c1-38(2,3)50-37(49)44-39(4,5)36(48)42-32(18-12-15-27-13-8-6-9-14-27)35(47)43-33-25-45(26-41-33)24-23-31(34(40)46)30-21-19-29(20-22-30)28-16-10-7-11-17-28/h6-11,13-14,16-17,19-22,25-26,31-32H,12,15,18,23-24H2,1-5H3,(H2,40,46)(H,42,48)(H,43,47)(H,44,49). The van der Waals surface area contributed by atoms with Gasteiger partial charge in [0.1, 0.15) is 17.2 Å². The van der Waals surface area contributed by atoms with Gasteiger partial charge < -0.3 is 31.0 Å². The van der Waals surface area contributed by atoms with Crippen molar-refractivity contribution in [2.45, 2.75) is 89.9 Å². The number of primary amides is 1. The quantitative estimate of drug-likeness (QED) is 0.121. The fraction of sp³-hybridized carbons (Fsp3) is 0.359. The lowest BCUT2D eigenvalue weighted by atomic mass is 9.93. The van der Waals surface area contributed by atoms with Gasteiger partial charge in [0.2, 0.25) is 17.7 Å². The molecular weight excluding hydrogens is 632 g/mol. The topological polar surface area (TPSA) is 157 Å². The summed E-state index contributed by atoms with van der Waals surface area (Å²) in [4.78, 5) is 56.1.